The van der Waals surface area contributed by atoms with Crippen LogP contribution in [0.3, 0.4) is 0 Å². The van der Waals surface area contributed by atoms with E-state index < -0.39 is 95.8 Å². The molecule has 3 nitrogen and oxygen atoms in total. The summed E-state index contributed by atoms with van der Waals surface area (Å²) in [6.07, 6.45) is -11.8. The minimum absolute atomic E-state index is 0.107. The third-order valence-electron chi connectivity index (χ3n) is 11.5. The molecule has 65 heavy (non-hydrogen) atoms. The summed E-state index contributed by atoms with van der Waals surface area (Å²) < 4.78 is 173. The number of hydrogen-bond acceptors (Lipinski definition) is 3. The van der Waals surface area contributed by atoms with E-state index in [-0.39, 0.29) is 35.1 Å². The average Bonchev–Trinajstić information content (AvgIpc) is 3.26. The van der Waals surface area contributed by atoms with E-state index in [2.05, 4.69) is 0 Å². The molecule has 0 saturated carbocycles. The number of alkyl halides is 10. The predicted molar refractivity (Wildman–Crippen MR) is 230 cm³/mol. The molecule has 0 bridgehead atoms. The number of methoxy groups -OCH3 is 2. The topological polar surface area (TPSA) is 27.7 Å². The molecule has 2 unspecified atom stereocenters. The van der Waals surface area contributed by atoms with Crippen LogP contribution in [-0.4, -0.2) is 39.8 Å². The van der Waals surface area contributed by atoms with Gasteiger partial charge in [0, 0.05) is 25.3 Å². The van der Waals surface area contributed by atoms with Gasteiger partial charge in [-0.25, -0.2) is 0 Å². The Labute approximate surface area is 372 Å². The fourth-order valence-corrected chi connectivity index (χ4v) is 7.98. The molecule has 0 fully saturated rings. The number of aryl methyl sites for hydroxylation is 2. The van der Waals surface area contributed by atoms with E-state index in [4.69, 9.17) is 14.2 Å². The molecule has 0 amide bonds. The molecule has 0 spiro atoms. The summed E-state index contributed by atoms with van der Waals surface area (Å²) in [7, 11) is 2.19. The van der Waals surface area contributed by atoms with Crippen LogP contribution in [0.2, 0.25) is 0 Å². The van der Waals surface area contributed by atoms with Crippen LogP contribution in [-0.2, 0) is 47.0 Å². The van der Waals surface area contributed by atoms with Gasteiger partial charge < -0.3 is 14.2 Å². The van der Waals surface area contributed by atoms with Gasteiger partial charge in [-0.3, -0.25) is 0 Å². The van der Waals surface area contributed by atoms with Crippen molar-refractivity contribution in [1.82, 2.24) is 0 Å². The SMILES string of the molecule is COCC(Cc1ccc(Oc2ccc(CC(COC)C(F)(F)F)c(Cc3ccc(C)cc3)c2C(F)(F)c2ccccc2)c(C(F)(F)c2ccccc2)c1Cc1ccc(C)cc1)C(F)(F)F. The van der Waals surface area contributed by atoms with Crippen molar-refractivity contribution >= 4 is 0 Å². The van der Waals surface area contributed by atoms with Crippen LogP contribution in [0, 0.1) is 25.7 Å². The largest absolute Gasteiger partial charge is 0.456 e. The maximum atomic E-state index is 17.6. The first-order valence-electron chi connectivity index (χ1n) is 20.8. The molecule has 6 aromatic rings. The number of hydrogen-bond donors (Lipinski definition) is 0. The van der Waals surface area contributed by atoms with Gasteiger partial charge in [0.1, 0.15) is 11.5 Å². The summed E-state index contributed by atoms with van der Waals surface area (Å²) in [4.78, 5) is 0. The Hall–Kier alpha value is -5.66. The molecular weight excluding hydrogens is 863 g/mol. The smallest absolute Gasteiger partial charge is 0.394 e. The van der Waals surface area contributed by atoms with Crippen LogP contribution < -0.4 is 4.74 Å². The minimum atomic E-state index is -4.80. The molecule has 0 heterocycles. The molecule has 2 atom stereocenters. The Bertz CT molecular complexity index is 2310. The van der Waals surface area contributed by atoms with Gasteiger partial charge in [0.2, 0.25) is 0 Å². The predicted octanol–water partition coefficient (Wildman–Crippen LogP) is 14.3. The normalized spacial score (nSPS) is 13.4. The van der Waals surface area contributed by atoms with Gasteiger partial charge in [-0.1, -0.05) is 132 Å². The highest BCUT2D eigenvalue weighted by molar-refractivity contribution is 5.58. The van der Waals surface area contributed by atoms with Gasteiger partial charge in [-0.15, -0.1) is 0 Å². The van der Waals surface area contributed by atoms with Gasteiger partial charge in [0.25, 0.3) is 0 Å². The van der Waals surface area contributed by atoms with E-state index in [1.807, 2.05) is 0 Å². The quantitative estimate of drug-likeness (QED) is 0.0804. The summed E-state index contributed by atoms with van der Waals surface area (Å²) in [5.74, 6) is -13.5. The van der Waals surface area contributed by atoms with Crippen LogP contribution >= 0.6 is 0 Å². The maximum absolute atomic E-state index is 17.6. The van der Waals surface area contributed by atoms with Crippen LogP contribution in [0.15, 0.2) is 133 Å². The summed E-state index contributed by atoms with van der Waals surface area (Å²) in [6.45, 7) is 2.06. The molecular formula is C52H48F10O3. The van der Waals surface area contributed by atoms with Gasteiger partial charge in [0.05, 0.1) is 36.2 Å². The van der Waals surface area contributed by atoms with E-state index in [9.17, 15) is 26.3 Å². The molecule has 6 aromatic carbocycles. The van der Waals surface area contributed by atoms with Crippen LogP contribution in [0.4, 0.5) is 43.9 Å². The molecule has 0 aliphatic carbocycles. The third kappa shape index (κ3) is 11.6. The second-order valence-electron chi connectivity index (χ2n) is 16.3. The minimum Gasteiger partial charge on any atom is -0.456 e. The Kier molecular flexibility index (Phi) is 15.2. The van der Waals surface area contributed by atoms with Crippen molar-refractivity contribution in [3.8, 4) is 11.5 Å². The number of rotatable bonds is 18. The van der Waals surface area contributed by atoms with E-state index in [1.165, 1.54) is 48.5 Å². The third-order valence-corrected chi connectivity index (χ3v) is 11.5. The zero-order valence-corrected chi connectivity index (χ0v) is 36.1. The maximum Gasteiger partial charge on any atom is 0.394 e. The number of benzene rings is 6. The average molecular weight is 911 g/mol. The molecule has 6 rings (SSSR count). The van der Waals surface area contributed by atoms with Crippen molar-refractivity contribution in [2.75, 3.05) is 27.4 Å². The van der Waals surface area contributed by atoms with Crippen molar-refractivity contribution in [2.45, 2.75) is 63.7 Å². The molecule has 344 valence electrons. The first-order chi connectivity index (χ1) is 30.7. The Balaban J connectivity index is 1.68. The highest BCUT2D eigenvalue weighted by atomic mass is 19.4. The molecule has 13 heteroatoms. The zero-order valence-electron chi connectivity index (χ0n) is 36.1. The Morgan fingerprint density at radius 3 is 1.08 bits per heavy atom. The number of halogens is 10. The summed E-state index contributed by atoms with van der Waals surface area (Å²) in [5, 5.41) is 0. The van der Waals surface area contributed by atoms with Crippen molar-refractivity contribution < 1.29 is 58.1 Å². The van der Waals surface area contributed by atoms with Gasteiger partial charge in [-0.05, 0) is 85.0 Å². The molecule has 0 N–H and O–H groups in total. The van der Waals surface area contributed by atoms with E-state index >= 15 is 17.6 Å². The van der Waals surface area contributed by atoms with Crippen LogP contribution in [0.25, 0.3) is 0 Å². The Morgan fingerprint density at radius 2 is 0.769 bits per heavy atom. The summed E-state index contributed by atoms with van der Waals surface area (Å²) in [5.41, 5.74) is -0.929. The van der Waals surface area contributed by atoms with Gasteiger partial charge >= 0.3 is 24.2 Å². The van der Waals surface area contributed by atoms with Crippen molar-refractivity contribution in [2.24, 2.45) is 11.8 Å². The second kappa shape index (κ2) is 20.2. The van der Waals surface area contributed by atoms with E-state index in [0.29, 0.717) is 11.1 Å². The summed E-state index contributed by atoms with van der Waals surface area (Å²) in [6, 6.07) is 31.0. The lowest BCUT2D eigenvalue weighted by atomic mass is 9.84. The van der Waals surface area contributed by atoms with Gasteiger partial charge in [-0.2, -0.15) is 43.9 Å². The van der Waals surface area contributed by atoms with Crippen molar-refractivity contribution in [1.29, 1.82) is 0 Å². The molecule has 0 aliphatic rings. The number of ether oxygens (including phenoxy) is 3. The monoisotopic (exact) mass is 910 g/mol. The Morgan fingerprint density at radius 1 is 0.431 bits per heavy atom. The highest BCUT2D eigenvalue weighted by Crippen LogP contribution is 2.50. The zero-order chi connectivity index (χ0) is 47.2. The second-order valence-corrected chi connectivity index (χ2v) is 16.3. The highest BCUT2D eigenvalue weighted by Gasteiger charge is 2.46. The molecule has 0 radical (unpaired) electrons. The first kappa shape index (κ1) is 48.8. The summed E-state index contributed by atoms with van der Waals surface area (Å²) >= 11 is 0. The lowest BCUT2D eigenvalue weighted by Gasteiger charge is -2.30. The molecule has 0 aliphatic heterocycles. The lowest BCUT2D eigenvalue weighted by Crippen LogP contribution is -2.30. The lowest BCUT2D eigenvalue weighted by molar-refractivity contribution is -0.186. The molecule has 0 aromatic heterocycles. The van der Waals surface area contributed by atoms with Crippen molar-refractivity contribution in [3.05, 3.63) is 200 Å². The first-order valence-corrected chi connectivity index (χ1v) is 20.8. The van der Waals surface area contributed by atoms with Crippen LogP contribution in [0.1, 0.15) is 66.8 Å². The fraction of sp³-hybridized carbons (Fsp3) is 0.308. The van der Waals surface area contributed by atoms with Crippen LogP contribution in [0.5, 0.6) is 11.5 Å². The fourth-order valence-electron chi connectivity index (χ4n) is 7.98. The van der Waals surface area contributed by atoms with E-state index in [0.717, 1.165) is 61.7 Å². The van der Waals surface area contributed by atoms with Crippen molar-refractivity contribution in [3.63, 3.8) is 0 Å². The van der Waals surface area contributed by atoms with Gasteiger partial charge in [0.15, 0.2) is 0 Å². The standard InChI is InChI=1S/C52H48F10O3/c1-33-15-19-35(20-16-33)27-43-37(29-41(31-63-3)51(57,58)59)23-25-45(47(43)49(53,54)39-11-7-5-8-12-39)65-46-26-24-38(30-42(32-64-4)52(60,61)62)44(28-36-21-17-34(2)18-22-36)48(46)50(55,56)40-13-9-6-10-14-40/h5-26,41-42H,27-32H2,1-4H3. The molecule has 0 saturated heterocycles. The van der Waals surface area contributed by atoms with E-state index in [1.54, 1.807) is 62.4 Å².